The van der Waals surface area contributed by atoms with Crippen LogP contribution in [-0.2, 0) is 0 Å². The second-order valence-corrected chi connectivity index (χ2v) is 6.90. The van der Waals surface area contributed by atoms with Crippen molar-refractivity contribution in [3.05, 3.63) is 12.2 Å². The van der Waals surface area contributed by atoms with Crippen LogP contribution < -0.4 is 0 Å². The van der Waals surface area contributed by atoms with E-state index in [4.69, 9.17) is 0 Å². The van der Waals surface area contributed by atoms with E-state index in [0.717, 1.165) is 19.3 Å². The molecule has 0 aromatic carbocycles. The van der Waals surface area contributed by atoms with E-state index in [2.05, 4.69) is 19.1 Å². The molecule has 2 aliphatic carbocycles. The lowest BCUT2D eigenvalue weighted by Crippen LogP contribution is -2.43. The number of hydrogen-bond donors (Lipinski definition) is 2. The highest BCUT2D eigenvalue weighted by Gasteiger charge is 2.43. The Labute approximate surface area is 124 Å². The molecule has 0 aliphatic heterocycles. The third kappa shape index (κ3) is 3.65. The normalized spacial score (nSPS) is 36.9. The summed E-state index contributed by atoms with van der Waals surface area (Å²) < 4.78 is 0. The summed E-state index contributed by atoms with van der Waals surface area (Å²) in [6, 6.07) is 0. The van der Waals surface area contributed by atoms with Gasteiger partial charge in [0.1, 0.15) is 0 Å². The molecule has 116 valence electrons. The van der Waals surface area contributed by atoms with Gasteiger partial charge in [-0.05, 0) is 48.9 Å². The zero-order valence-electron chi connectivity index (χ0n) is 13.0. The lowest BCUT2D eigenvalue weighted by molar-refractivity contribution is -0.0213. The van der Waals surface area contributed by atoms with E-state index < -0.39 is 0 Å². The molecule has 2 N–H and O–H groups in total. The first-order chi connectivity index (χ1) is 9.81. The van der Waals surface area contributed by atoms with Gasteiger partial charge in [0.25, 0.3) is 0 Å². The fourth-order valence-electron chi connectivity index (χ4n) is 4.64. The Morgan fingerprint density at radius 1 is 0.900 bits per heavy atom. The highest BCUT2D eigenvalue weighted by atomic mass is 16.3. The van der Waals surface area contributed by atoms with Gasteiger partial charge in [-0.2, -0.15) is 0 Å². The molecule has 0 aromatic rings. The van der Waals surface area contributed by atoms with Gasteiger partial charge >= 0.3 is 0 Å². The average Bonchev–Trinajstić information content (AvgIpc) is 2.50. The first kappa shape index (κ1) is 16.0. The van der Waals surface area contributed by atoms with Crippen molar-refractivity contribution in [2.75, 3.05) is 13.2 Å². The van der Waals surface area contributed by atoms with E-state index in [9.17, 15) is 10.2 Å². The van der Waals surface area contributed by atoms with Crippen molar-refractivity contribution < 1.29 is 10.2 Å². The molecule has 20 heavy (non-hydrogen) atoms. The Morgan fingerprint density at radius 3 is 2.30 bits per heavy atom. The molecule has 0 aromatic heterocycles. The number of allylic oxidation sites excluding steroid dienone is 2. The zero-order valence-corrected chi connectivity index (χ0v) is 13.0. The molecule has 2 nitrogen and oxygen atoms in total. The molecule has 2 heteroatoms. The van der Waals surface area contributed by atoms with Crippen LogP contribution in [-0.4, -0.2) is 23.4 Å². The van der Waals surface area contributed by atoms with Gasteiger partial charge in [0.15, 0.2) is 0 Å². The largest absolute Gasteiger partial charge is 0.396 e. The van der Waals surface area contributed by atoms with Gasteiger partial charge < -0.3 is 10.2 Å². The molecule has 0 bridgehead atoms. The maximum Gasteiger partial charge on any atom is 0.0464 e. The number of rotatable bonds is 7. The summed E-state index contributed by atoms with van der Waals surface area (Å²) in [6.07, 6.45) is 14.4. The quantitative estimate of drug-likeness (QED) is 0.550. The van der Waals surface area contributed by atoms with Crippen LogP contribution in [0.4, 0.5) is 0 Å². The molecule has 2 aliphatic rings. The number of aliphatic hydroxyl groups is 2. The average molecular weight is 280 g/mol. The van der Waals surface area contributed by atoms with Crippen molar-refractivity contribution in [3.8, 4) is 0 Å². The van der Waals surface area contributed by atoms with Crippen molar-refractivity contribution >= 4 is 0 Å². The fourth-order valence-corrected chi connectivity index (χ4v) is 4.64. The summed E-state index contributed by atoms with van der Waals surface area (Å²) in [5, 5.41) is 19.6. The number of unbranched alkanes of at least 4 members (excludes halogenated alkanes) is 3. The second kappa shape index (κ2) is 8.19. The van der Waals surface area contributed by atoms with Gasteiger partial charge in [-0.15, -0.1) is 0 Å². The lowest BCUT2D eigenvalue weighted by Gasteiger charge is -2.48. The van der Waals surface area contributed by atoms with Crippen LogP contribution in [0.3, 0.4) is 0 Å². The highest BCUT2D eigenvalue weighted by molar-refractivity contribution is 5.02. The molecule has 5 atom stereocenters. The van der Waals surface area contributed by atoms with Gasteiger partial charge in [0, 0.05) is 13.2 Å². The van der Waals surface area contributed by atoms with E-state index in [1.54, 1.807) is 0 Å². The molecule has 0 amide bonds. The summed E-state index contributed by atoms with van der Waals surface area (Å²) in [5.74, 6) is 2.76. The van der Waals surface area contributed by atoms with Crippen LogP contribution in [0.2, 0.25) is 0 Å². The van der Waals surface area contributed by atoms with Crippen LogP contribution in [0.1, 0.15) is 58.3 Å². The summed E-state index contributed by atoms with van der Waals surface area (Å²) in [5.41, 5.74) is 0. The van der Waals surface area contributed by atoms with Gasteiger partial charge in [-0.1, -0.05) is 51.2 Å². The van der Waals surface area contributed by atoms with Gasteiger partial charge in [-0.25, -0.2) is 0 Å². The first-order valence-electron chi connectivity index (χ1n) is 8.68. The monoisotopic (exact) mass is 280 g/mol. The Bertz CT molecular complexity index is 300. The SMILES string of the molecule is CCCCCCC1CC(CO)C2CC=CCC2C1CO. The first-order valence-corrected chi connectivity index (χ1v) is 8.68. The summed E-state index contributed by atoms with van der Waals surface area (Å²) in [4.78, 5) is 0. The molecule has 0 spiro atoms. The van der Waals surface area contributed by atoms with Crippen molar-refractivity contribution in [3.63, 3.8) is 0 Å². The summed E-state index contributed by atoms with van der Waals surface area (Å²) >= 11 is 0. The molecule has 0 radical (unpaired) electrons. The Morgan fingerprint density at radius 2 is 1.65 bits per heavy atom. The lowest BCUT2D eigenvalue weighted by atomic mass is 9.58. The van der Waals surface area contributed by atoms with E-state index in [1.165, 1.54) is 32.1 Å². The van der Waals surface area contributed by atoms with Crippen molar-refractivity contribution in [1.82, 2.24) is 0 Å². The predicted molar refractivity (Wildman–Crippen MR) is 83.4 cm³/mol. The smallest absolute Gasteiger partial charge is 0.0464 e. The molecule has 1 fully saturated rings. The second-order valence-electron chi connectivity index (χ2n) is 6.90. The third-order valence-corrected chi connectivity index (χ3v) is 5.77. The molecule has 2 rings (SSSR count). The zero-order chi connectivity index (χ0) is 14.4. The maximum atomic E-state index is 9.88. The molecule has 1 saturated carbocycles. The van der Waals surface area contributed by atoms with Crippen LogP contribution in [0.15, 0.2) is 12.2 Å². The minimum Gasteiger partial charge on any atom is -0.396 e. The van der Waals surface area contributed by atoms with Crippen molar-refractivity contribution in [2.45, 2.75) is 58.3 Å². The minimum atomic E-state index is 0.332. The highest BCUT2D eigenvalue weighted by Crippen LogP contribution is 2.48. The predicted octanol–water partition coefficient (Wildman–Crippen LogP) is 3.78. The van der Waals surface area contributed by atoms with Crippen molar-refractivity contribution in [1.29, 1.82) is 0 Å². The maximum absolute atomic E-state index is 9.88. The third-order valence-electron chi connectivity index (χ3n) is 5.77. The van der Waals surface area contributed by atoms with E-state index in [0.29, 0.717) is 42.8 Å². The van der Waals surface area contributed by atoms with Crippen LogP contribution >= 0.6 is 0 Å². The summed E-state index contributed by atoms with van der Waals surface area (Å²) in [7, 11) is 0. The van der Waals surface area contributed by atoms with Gasteiger partial charge in [0.05, 0.1) is 0 Å². The Hall–Kier alpha value is -0.340. The number of fused-ring (bicyclic) bond motifs is 1. The van der Waals surface area contributed by atoms with Crippen LogP contribution in [0.5, 0.6) is 0 Å². The minimum absolute atomic E-state index is 0.332. The molecule has 0 heterocycles. The molecule has 5 unspecified atom stereocenters. The summed E-state index contributed by atoms with van der Waals surface area (Å²) in [6.45, 7) is 2.92. The van der Waals surface area contributed by atoms with E-state index in [-0.39, 0.29) is 0 Å². The topological polar surface area (TPSA) is 40.5 Å². The van der Waals surface area contributed by atoms with Crippen LogP contribution in [0.25, 0.3) is 0 Å². The van der Waals surface area contributed by atoms with E-state index in [1.807, 2.05) is 0 Å². The molecular formula is C18H32O2. The fraction of sp³-hybridized carbons (Fsp3) is 0.889. The Kier molecular flexibility index (Phi) is 6.57. The molecule has 0 saturated heterocycles. The molecular weight excluding hydrogens is 248 g/mol. The van der Waals surface area contributed by atoms with Gasteiger partial charge in [0.2, 0.25) is 0 Å². The number of hydrogen-bond acceptors (Lipinski definition) is 2. The number of aliphatic hydroxyl groups excluding tert-OH is 2. The van der Waals surface area contributed by atoms with Crippen LogP contribution in [0, 0.1) is 29.6 Å². The standard InChI is InChI=1S/C18H32O2/c1-2-3-4-5-8-14-11-15(12-19)16-9-6-7-10-17(16)18(14)13-20/h6-7,14-20H,2-5,8-13H2,1H3. The van der Waals surface area contributed by atoms with E-state index >= 15 is 0 Å². The van der Waals surface area contributed by atoms with Gasteiger partial charge in [-0.3, -0.25) is 0 Å². The van der Waals surface area contributed by atoms with Crippen molar-refractivity contribution in [2.24, 2.45) is 29.6 Å². The Balaban J connectivity index is 1.97.